The molecule has 1 saturated heterocycles. The van der Waals surface area contributed by atoms with Gasteiger partial charge in [0.2, 0.25) is 0 Å². The zero-order valence-electron chi connectivity index (χ0n) is 18.9. The minimum absolute atomic E-state index is 0.0851. The van der Waals surface area contributed by atoms with Gasteiger partial charge in [-0.15, -0.1) is 0 Å². The molecule has 2 aromatic carbocycles. The van der Waals surface area contributed by atoms with E-state index in [0.29, 0.717) is 18.2 Å². The highest BCUT2D eigenvalue weighted by atomic mass is 16.5. The highest BCUT2D eigenvalue weighted by Crippen LogP contribution is 2.49. The van der Waals surface area contributed by atoms with Crippen molar-refractivity contribution in [2.75, 3.05) is 27.3 Å². The summed E-state index contributed by atoms with van der Waals surface area (Å²) in [4.78, 5) is 20.3. The number of carbonyl (C=O) groups is 1. The van der Waals surface area contributed by atoms with E-state index in [1.165, 1.54) is 0 Å². The Morgan fingerprint density at radius 1 is 1.22 bits per heavy atom. The van der Waals surface area contributed by atoms with E-state index < -0.39 is 5.54 Å². The Hall–Kier alpha value is -3.12. The molecule has 5 rings (SSSR count). The molecule has 6 heteroatoms. The molecular weight excluding hydrogens is 402 g/mol. The van der Waals surface area contributed by atoms with Gasteiger partial charge in [-0.05, 0) is 75.7 Å². The number of pyridine rings is 1. The number of carbonyl (C=O) groups excluding carboxylic acids is 1. The number of nitrogens with zero attached hydrogens (tertiary/aromatic N) is 2. The predicted molar refractivity (Wildman–Crippen MR) is 124 cm³/mol. The normalized spacial score (nSPS) is 19.3. The molecule has 1 aliphatic heterocycles. The quantitative estimate of drug-likeness (QED) is 0.611. The molecule has 1 N–H and O–H groups in total. The average molecular weight is 432 g/mol. The molecule has 32 heavy (non-hydrogen) atoms. The Bertz CT molecular complexity index is 1170. The van der Waals surface area contributed by atoms with Gasteiger partial charge in [0, 0.05) is 28.8 Å². The van der Waals surface area contributed by atoms with Crippen LogP contribution in [0.1, 0.15) is 40.7 Å². The van der Waals surface area contributed by atoms with Gasteiger partial charge >= 0.3 is 0 Å². The Morgan fingerprint density at radius 3 is 2.75 bits per heavy atom. The number of nitrogens with one attached hydrogen (secondary N) is 1. The first kappa shape index (κ1) is 20.8. The smallest absolute Gasteiger partial charge is 0.252 e. The number of likely N-dealkylation sites (tertiary alicyclic amines) is 1. The summed E-state index contributed by atoms with van der Waals surface area (Å²) < 4.78 is 11.5. The monoisotopic (exact) mass is 431 g/mol. The number of methoxy groups -OCH3 is 1. The van der Waals surface area contributed by atoms with Crippen LogP contribution in [0.15, 0.2) is 48.7 Å². The van der Waals surface area contributed by atoms with Gasteiger partial charge < -0.3 is 14.8 Å². The van der Waals surface area contributed by atoms with E-state index in [9.17, 15) is 4.79 Å². The van der Waals surface area contributed by atoms with Crippen LogP contribution in [0.25, 0.3) is 10.9 Å². The number of hydrogen-bond acceptors (Lipinski definition) is 5. The van der Waals surface area contributed by atoms with Gasteiger partial charge in [-0.3, -0.25) is 14.7 Å². The molecule has 1 amide bonds. The molecule has 0 spiro atoms. The van der Waals surface area contributed by atoms with Gasteiger partial charge in [-0.1, -0.05) is 12.1 Å². The van der Waals surface area contributed by atoms with Crippen molar-refractivity contribution in [3.8, 4) is 11.5 Å². The molecule has 0 unspecified atom stereocenters. The van der Waals surface area contributed by atoms with Crippen molar-refractivity contribution < 1.29 is 14.3 Å². The lowest BCUT2D eigenvalue weighted by Crippen LogP contribution is -2.48. The third-order valence-electron chi connectivity index (χ3n) is 6.87. The zero-order valence-corrected chi connectivity index (χ0v) is 18.9. The number of rotatable bonds is 7. The van der Waals surface area contributed by atoms with Crippen LogP contribution in [0.5, 0.6) is 11.5 Å². The Morgan fingerprint density at radius 2 is 2.06 bits per heavy atom. The first-order chi connectivity index (χ1) is 15.5. The number of hydrogen-bond donors (Lipinski definition) is 1. The van der Waals surface area contributed by atoms with Crippen LogP contribution >= 0.6 is 0 Å². The Labute approximate surface area is 188 Å². The van der Waals surface area contributed by atoms with Crippen LogP contribution in [-0.4, -0.2) is 49.1 Å². The van der Waals surface area contributed by atoms with Crippen LogP contribution in [0.3, 0.4) is 0 Å². The highest BCUT2D eigenvalue weighted by molar-refractivity contribution is 5.97. The van der Waals surface area contributed by atoms with Crippen molar-refractivity contribution in [2.45, 2.75) is 37.8 Å². The maximum atomic E-state index is 13.4. The van der Waals surface area contributed by atoms with E-state index in [-0.39, 0.29) is 5.91 Å². The number of aromatic nitrogens is 1. The third-order valence-corrected chi connectivity index (χ3v) is 6.87. The number of fused-ring (bicyclic) bond motifs is 1. The molecule has 166 valence electrons. The number of amides is 1. The van der Waals surface area contributed by atoms with Crippen molar-refractivity contribution >= 4 is 16.8 Å². The number of ether oxygens (including phenoxy) is 2. The van der Waals surface area contributed by atoms with Crippen LogP contribution < -0.4 is 14.8 Å². The summed E-state index contributed by atoms with van der Waals surface area (Å²) in [6.45, 7) is 3.72. The van der Waals surface area contributed by atoms with Gasteiger partial charge in [0.1, 0.15) is 18.1 Å². The molecule has 1 aliphatic carbocycles. The number of benzene rings is 2. The van der Waals surface area contributed by atoms with Crippen molar-refractivity contribution in [1.82, 2.24) is 15.2 Å². The largest absolute Gasteiger partial charge is 0.497 e. The minimum Gasteiger partial charge on any atom is -0.497 e. The van der Waals surface area contributed by atoms with E-state index in [1.54, 1.807) is 13.3 Å². The number of aryl methyl sites for hydroxylation is 1. The second-order valence-corrected chi connectivity index (χ2v) is 9.00. The minimum atomic E-state index is -0.420. The van der Waals surface area contributed by atoms with E-state index in [4.69, 9.17) is 9.47 Å². The molecule has 3 aromatic rings. The van der Waals surface area contributed by atoms with Crippen molar-refractivity contribution in [3.05, 3.63) is 65.4 Å². The molecule has 1 aromatic heterocycles. The maximum Gasteiger partial charge on any atom is 0.252 e. The fraction of sp³-hybridized carbons (Fsp3) is 0.385. The predicted octanol–water partition coefficient (Wildman–Crippen LogP) is 4.05. The van der Waals surface area contributed by atoms with Crippen LogP contribution in [0.4, 0.5) is 0 Å². The van der Waals surface area contributed by atoms with E-state index in [2.05, 4.69) is 22.2 Å². The van der Waals surface area contributed by atoms with Gasteiger partial charge in [0.25, 0.3) is 5.91 Å². The lowest BCUT2D eigenvalue weighted by atomic mass is 9.99. The second kappa shape index (κ2) is 8.10. The summed E-state index contributed by atoms with van der Waals surface area (Å²) in [7, 11) is 3.77. The molecule has 2 fully saturated rings. The summed E-state index contributed by atoms with van der Waals surface area (Å²) in [5.41, 5.74) is 3.08. The van der Waals surface area contributed by atoms with Gasteiger partial charge in [0.15, 0.2) is 0 Å². The van der Waals surface area contributed by atoms with Crippen LogP contribution in [-0.2, 0) is 5.54 Å². The topological polar surface area (TPSA) is 63.7 Å². The fourth-order valence-electron chi connectivity index (χ4n) is 4.43. The molecular formula is C26H29N3O3. The van der Waals surface area contributed by atoms with Gasteiger partial charge in [-0.2, -0.15) is 0 Å². The Balaban J connectivity index is 1.39. The first-order valence-corrected chi connectivity index (χ1v) is 11.2. The first-order valence-electron chi connectivity index (χ1n) is 11.2. The molecule has 0 bridgehead atoms. The maximum absolute atomic E-state index is 13.4. The highest BCUT2D eigenvalue weighted by Gasteiger charge is 2.47. The molecule has 6 nitrogen and oxygen atoms in total. The molecule has 0 radical (unpaired) electrons. The fourth-order valence-corrected chi connectivity index (χ4v) is 4.43. The number of likely N-dealkylation sites (N-methyl/N-ethyl adjacent to an activating group) is 1. The second-order valence-electron chi connectivity index (χ2n) is 9.00. The van der Waals surface area contributed by atoms with Crippen molar-refractivity contribution in [1.29, 1.82) is 0 Å². The van der Waals surface area contributed by atoms with E-state index >= 15 is 0 Å². The molecule has 1 atom stereocenters. The van der Waals surface area contributed by atoms with Crippen LogP contribution in [0, 0.1) is 6.92 Å². The third kappa shape index (κ3) is 3.79. The SMILES string of the molecule is COc1cc(C2(NC(=O)c3cc(OC[C@@H]4CCN4C)ccc3C)CC2)c2ncccc2c1. The molecule has 2 aliphatic rings. The van der Waals surface area contributed by atoms with Gasteiger partial charge in [0.05, 0.1) is 18.2 Å². The summed E-state index contributed by atoms with van der Waals surface area (Å²) >= 11 is 0. The summed E-state index contributed by atoms with van der Waals surface area (Å²) in [6, 6.07) is 14.1. The molecule has 2 heterocycles. The lowest BCUT2D eigenvalue weighted by molar-refractivity contribution is 0.0767. The van der Waals surface area contributed by atoms with Crippen molar-refractivity contribution in [2.24, 2.45) is 0 Å². The van der Waals surface area contributed by atoms with E-state index in [0.717, 1.165) is 59.3 Å². The zero-order chi connectivity index (χ0) is 22.3. The standard InChI is InChI=1S/C26H29N3O3/c1-17-6-7-20(32-16-19-8-12-29(19)2)14-22(17)25(30)28-26(9-10-26)23-15-21(31-3)13-18-5-4-11-27-24(18)23/h4-7,11,13-15,19H,8-10,12,16H2,1-3H3,(H,28,30)/t19-/m0/s1. The average Bonchev–Trinajstić information content (AvgIpc) is 3.58. The molecule has 1 saturated carbocycles. The van der Waals surface area contributed by atoms with Crippen LogP contribution in [0.2, 0.25) is 0 Å². The van der Waals surface area contributed by atoms with Gasteiger partial charge in [-0.25, -0.2) is 0 Å². The summed E-state index contributed by atoms with van der Waals surface area (Å²) in [5, 5.41) is 4.32. The van der Waals surface area contributed by atoms with Crippen molar-refractivity contribution in [3.63, 3.8) is 0 Å². The van der Waals surface area contributed by atoms with E-state index in [1.807, 2.05) is 49.4 Å². The summed E-state index contributed by atoms with van der Waals surface area (Å²) in [6.07, 6.45) is 4.70. The summed E-state index contributed by atoms with van der Waals surface area (Å²) in [5.74, 6) is 1.42. The Kier molecular flexibility index (Phi) is 5.25. The lowest BCUT2D eigenvalue weighted by Gasteiger charge is -2.37.